The molecular weight excluding hydrogens is 364 g/mol. The van der Waals surface area contributed by atoms with E-state index in [4.69, 9.17) is 0 Å². The van der Waals surface area contributed by atoms with Gasteiger partial charge in [0.2, 0.25) is 0 Å². The molecule has 0 unspecified atom stereocenters. The molecule has 7 heteroatoms. The Morgan fingerprint density at radius 3 is 2.83 bits per heavy atom. The number of nitrogens with one attached hydrogen (secondary N) is 1. The highest BCUT2D eigenvalue weighted by Gasteiger charge is 2.31. The van der Waals surface area contributed by atoms with Crippen LogP contribution in [0, 0.1) is 6.92 Å². The van der Waals surface area contributed by atoms with Gasteiger partial charge in [0.15, 0.2) is 0 Å². The first-order valence-corrected chi connectivity index (χ1v) is 11.0. The normalized spacial score (nSPS) is 22.0. The number of aromatic nitrogens is 3. The molecule has 0 radical (unpaired) electrons. The zero-order valence-corrected chi connectivity index (χ0v) is 17.2. The van der Waals surface area contributed by atoms with Crippen molar-refractivity contribution in [3.63, 3.8) is 0 Å². The first-order valence-electron chi connectivity index (χ1n) is 11.0. The van der Waals surface area contributed by atoms with Crippen LogP contribution in [0.25, 0.3) is 0 Å². The van der Waals surface area contributed by atoms with Gasteiger partial charge in [0.1, 0.15) is 11.6 Å². The zero-order valence-electron chi connectivity index (χ0n) is 17.2. The molecule has 2 saturated heterocycles. The summed E-state index contributed by atoms with van der Waals surface area (Å²) in [6.07, 6.45) is 4.57. The van der Waals surface area contributed by atoms with Gasteiger partial charge >= 0.3 is 0 Å². The van der Waals surface area contributed by atoms with Crippen LogP contribution in [0.2, 0.25) is 0 Å². The topological polar surface area (TPSA) is 66.3 Å². The molecule has 1 N–H and O–H groups in total. The van der Waals surface area contributed by atoms with E-state index in [-0.39, 0.29) is 11.8 Å². The number of amides is 1. The van der Waals surface area contributed by atoms with Crippen molar-refractivity contribution in [1.29, 1.82) is 0 Å². The Labute approximate surface area is 172 Å². The Morgan fingerprint density at radius 2 is 1.97 bits per heavy atom. The molecule has 0 spiro atoms. The van der Waals surface area contributed by atoms with E-state index >= 15 is 0 Å². The van der Waals surface area contributed by atoms with Crippen molar-refractivity contribution >= 4 is 11.6 Å². The van der Waals surface area contributed by atoms with Crippen LogP contribution in [0.3, 0.4) is 0 Å². The smallest absolute Gasteiger partial charge is 0.254 e. The van der Waals surface area contributed by atoms with Crippen molar-refractivity contribution in [2.45, 2.75) is 51.6 Å². The largest absolute Gasteiger partial charge is 0.371 e. The van der Waals surface area contributed by atoms with Crippen LogP contribution in [0.4, 0.5) is 5.69 Å². The maximum absolute atomic E-state index is 13.4. The number of benzene rings is 1. The van der Waals surface area contributed by atoms with Crippen molar-refractivity contribution in [3.8, 4) is 0 Å². The zero-order chi connectivity index (χ0) is 19.8. The summed E-state index contributed by atoms with van der Waals surface area (Å²) in [5, 5.41) is 12.2. The van der Waals surface area contributed by atoms with Crippen LogP contribution < -0.4 is 10.2 Å². The van der Waals surface area contributed by atoms with Crippen LogP contribution in [0.15, 0.2) is 18.2 Å². The Hall–Kier alpha value is -2.41. The summed E-state index contributed by atoms with van der Waals surface area (Å²) >= 11 is 0. The molecule has 2 fully saturated rings. The first kappa shape index (κ1) is 18.6. The molecule has 4 heterocycles. The molecule has 5 rings (SSSR count). The van der Waals surface area contributed by atoms with E-state index in [1.54, 1.807) is 0 Å². The quantitative estimate of drug-likeness (QED) is 0.865. The summed E-state index contributed by atoms with van der Waals surface area (Å²) in [7, 11) is 0. The van der Waals surface area contributed by atoms with Crippen LogP contribution >= 0.6 is 0 Å². The standard InChI is InChI=1S/C22H30N6O/c1-16-18(7-4-8-19(16)26-10-2-3-11-26)22(29)27-12-5-6-17(15-27)21-25-24-20-14-23-9-13-28(20)21/h4,7-8,17,23H,2-3,5-6,9-15H2,1H3/t17-/m0/s1. The van der Waals surface area contributed by atoms with Gasteiger partial charge in [-0.05, 0) is 50.3 Å². The van der Waals surface area contributed by atoms with Crippen molar-refractivity contribution in [2.24, 2.45) is 0 Å². The number of fused-ring (bicyclic) bond motifs is 1. The molecule has 1 aromatic carbocycles. The van der Waals surface area contributed by atoms with Crippen molar-refractivity contribution < 1.29 is 4.79 Å². The molecule has 0 aliphatic carbocycles. The highest BCUT2D eigenvalue weighted by atomic mass is 16.2. The summed E-state index contributed by atoms with van der Waals surface area (Å²) < 4.78 is 2.26. The molecule has 0 bridgehead atoms. The number of rotatable bonds is 3. The predicted molar refractivity (Wildman–Crippen MR) is 112 cm³/mol. The highest BCUT2D eigenvalue weighted by Crippen LogP contribution is 2.30. The second-order valence-corrected chi connectivity index (χ2v) is 8.54. The van der Waals surface area contributed by atoms with Crippen molar-refractivity contribution in [1.82, 2.24) is 25.0 Å². The predicted octanol–water partition coefficient (Wildman–Crippen LogP) is 2.31. The lowest BCUT2D eigenvalue weighted by molar-refractivity contribution is 0.0702. The van der Waals surface area contributed by atoms with E-state index in [9.17, 15) is 4.79 Å². The molecule has 0 saturated carbocycles. The number of hydrogen-bond donors (Lipinski definition) is 1. The van der Waals surface area contributed by atoms with Gasteiger partial charge in [-0.2, -0.15) is 0 Å². The molecule has 1 atom stereocenters. The van der Waals surface area contributed by atoms with Gasteiger partial charge in [0.05, 0.1) is 6.54 Å². The number of likely N-dealkylation sites (tertiary alicyclic amines) is 1. The lowest BCUT2D eigenvalue weighted by Crippen LogP contribution is -2.40. The number of hydrogen-bond acceptors (Lipinski definition) is 5. The molecule has 154 valence electrons. The van der Waals surface area contributed by atoms with Crippen LogP contribution in [-0.2, 0) is 13.1 Å². The number of carbonyl (C=O) groups is 1. The SMILES string of the molecule is Cc1c(C(=O)N2CCC[C@H](c3nnc4n3CCNC4)C2)cccc1N1CCCC1. The molecule has 3 aliphatic heterocycles. The summed E-state index contributed by atoms with van der Waals surface area (Å²) in [5.74, 6) is 2.51. The third-order valence-corrected chi connectivity index (χ3v) is 6.71. The molecule has 3 aliphatic rings. The molecular formula is C22H30N6O. The van der Waals surface area contributed by atoms with E-state index in [0.717, 1.165) is 81.4 Å². The third kappa shape index (κ3) is 3.41. The fourth-order valence-electron chi connectivity index (χ4n) is 5.12. The van der Waals surface area contributed by atoms with Crippen LogP contribution in [0.1, 0.15) is 59.2 Å². The maximum Gasteiger partial charge on any atom is 0.254 e. The average Bonchev–Trinajstić information content (AvgIpc) is 3.44. The van der Waals surface area contributed by atoms with Gasteiger partial charge in [-0.1, -0.05) is 6.07 Å². The van der Waals surface area contributed by atoms with E-state index in [0.29, 0.717) is 0 Å². The minimum Gasteiger partial charge on any atom is -0.371 e. The fourth-order valence-corrected chi connectivity index (χ4v) is 5.12. The van der Waals surface area contributed by atoms with Crippen molar-refractivity contribution in [3.05, 3.63) is 41.0 Å². The molecule has 1 amide bonds. The van der Waals surface area contributed by atoms with Crippen LogP contribution in [0.5, 0.6) is 0 Å². The van der Waals surface area contributed by atoms with Gasteiger partial charge < -0.3 is 19.7 Å². The second-order valence-electron chi connectivity index (χ2n) is 8.54. The number of piperidine rings is 1. The second kappa shape index (κ2) is 7.78. The summed E-state index contributed by atoms with van der Waals surface area (Å²) in [6, 6.07) is 6.19. The summed E-state index contributed by atoms with van der Waals surface area (Å²) in [4.78, 5) is 17.9. The van der Waals surface area contributed by atoms with E-state index in [2.05, 4.69) is 38.0 Å². The average molecular weight is 395 g/mol. The Balaban J connectivity index is 1.36. The number of nitrogens with zero attached hydrogens (tertiary/aromatic N) is 5. The molecule has 29 heavy (non-hydrogen) atoms. The lowest BCUT2D eigenvalue weighted by Gasteiger charge is -2.33. The van der Waals surface area contributed by atoms with Crippen molar-refractivity contribution in [2.75, 3.05) is 37.6 Å². The third-order valence-electron chi connectivity index (χ3n) is 6.71. The Morgan fingerprint density at radius 1 is 1.10 bits per heavy atom. The van der Waals surface area contributed by atoms with Crippen LogP contribution in [-0.4, -0.2) is 58.3 Å². The summed E-state index contributed by atoms with van der Waals surface area (Å²) in [5.41, 5.74) is 3.19. The van der Waals surface area contributed by atoms with Gasteiger partial charge in [0, 0.05) is 56.4 Å². The minimum absolute atomic E-state index is 0.160. The number of anilines is 1. The minimum atomic E-state index is 0.160. The Kier molecular flexibility index (Phi) is 4.99. The summed E-state index contributed by atoms with van der Waals surface area (Å²) in [6.45, 7) is 8.50. The Bertz CT molecular complexity index is 901. The number of carbonyl (C=O) groups excluding carboxylic acids is 1. The van der Waals surface area contributed by atoms with E-state index in [1.165, 1.54) is 18.5 Å². The van der Waals surface area contributed by atoms with Gasteiger partial charge in [-0.3, -0.25) is 4.79 Å². The first-order chi connectivity index (χ1) is 14.2. The monoisotopic (exact) mass is 394 g/mol. The fraction of sp³-hybridized carbons (Fsp3) is 0.591. The van der Waals surface area contributed by atoms with E-state index in [1.807, 2.05) is 17.0 Å². The lowest BCUT2D eigenvalue weighted by atomic mass is 9.95. The van der Waals surface area contributed by atoms with Gasteiger partial charge in [0.25, 0.3) is 5.91 Å². The molecule has 2 aromatic rings. The molecule has 1 aromatic heterocycles. The van der Waals surface area contributed by atoms with Gasteiger partial charge in [-0.15, -0.1) is 10.2 Å². The highest BCUT2D eigenvalue weighted by molar-refractivity contribution is 5.97. The van der Waals surface area contributed by atoms with Gasteiger partial charge in [-0.25, -0.2) is 0 Å². The van der Waals surface area contributed by atoms with E-state index < -0.39 is 0 Å². The molecule has 7 nitrogen and oxygen atoms in total. The maximum atomic E-state index is 13.4.